The van der Waals surface area contributed by atoms with E-state index in [4.69, 9.17) is 0 Å². The Labute approximate surface area is 107 Å². The van der Waals surface area contributed by atoms with Gasteiger partial charge in [0, 0.05) is 14.1 Å². The summed E-state index contributed by atoms with van der Waals surface area (Å²) < 4.78 is 0. The summed E-state index contributed by atoms with van der Waals surface area (Å²) in [5.74, 6) is 0.191. The number of phenolic OH excluding ortho intramolecular Hbond substituents is 1. The first-order valence-electron chi connectivity index (χ1n) is 5.78. The lowest BCUT2D eigenvalue weighted by Crippen LogP contribution is -2.42. The van der Waals surface area contributed by atoms with Crippen molar-refractivity contribution in [2.45, 2.75) is 26.0 Å². The number of rotatable bonds is 3. The number of aromatic hydroxyl groups is 1. The molecule has 0 heterocycles. The normalized spacial score (nSPS) is 13.8. The smallest absolute Gasteiger partial charge is 0.317 e. The van der Waals surface area contributed by atoms with E-state index in [0.29, 0.717) is 11.1 Å². The number of benzene rings is 1. The van der Waals surface area contributed by atoms with E-state index in [-0.39, 0.29) is 11.8 Å². The molecule has 1 aromatic carbocycles. The molecular formula is C13H20N2O3. The maximum atomic E-state index is 11.5. The highest BCUT2D eigenvalue weighted by atomic mass is 16.3. The number of nitrogens with zero attached hydrogens (tertiary/aromatic N) is 1. The molecule has 18 heavy (non-hydrogen) atoms. The van der Waals surface area contributed by atoms with Crippen LogP contribution in [0.25, 0.3) is 0 Å². The fourth-order valence-corrected chi connectivity index (χ4v) is 1.55. The van der Waals surface area contributed by atoms with E-state index in [1.165, 1.54) is 11.0 Å². The zero-order chi connectivity index (χ0) is 13.9. The van der Waals surface area contributed by atoms with E-state index < -0.39 is 12.1 Å². The average Bonchev–Trinajstić information content (AvgIpc) is 2.31. The summed E-state index contributed by atoms with van der Waals surface area (Å²) in [5.41, 5.74) is 1.36. The molecule has 2 unspecified atom stereocenters. The van der Waals surface area contributed by atoms with Crippen LogP contribution in [0.4, 0.5) is 4.79 Å². The Morgan fingerprint density at radius 2 is 2.00 bits per heavy atom. The molecule has 0 bridgehead atoms. The van der Waals surface area contributed by atoms with Gasteiger partial charge in [0.15, 0.2) is 0 Å². The summed E-state index contributed by atoms with van der Waals surface area (Å²) in [6.07, 6.45) is -0.812. The minimum absolute atomic E-state index is 0.191. The number of urea groups is 1. The highest BCUT2D eigenvalue weighted by Crippen LogP contribution is 2.23. The number of amides is 2. The van der Waals surface area contributed by atoms with Crippen LogP contribution in [0.3, 0.4) is 0 Å². The molecule has 0 saturated heterocycles. The van der Waals surface area contributed by atoms with Gasteiger partial charge in [0.1, 0.15) is 5.75 Å². The molecule has 0 aliphatic heterocycles. The molecule has 1 aromatic rings. The minimum atomic E-state index is -0.812. The van der Waals surface area contributed by atoms with Crippen molar-refractivity contribution in [3.8, 4) is 5.75 Å². The predicted octanol–water partition coefficient (Wildman–Crippen LogP) is 1.39. The summed E-state index contributed by atoms with van der Waals surface area (Å²) in [5, 5.41) is 22.2. The number of hydrogen-bond acceptors (Lipinski definition) is 3. The molecule has 5 heteroatoms. The monoisotopic (exact) mass is 252 g/mol. The molecule has 0 radical (unpaired) electrons. The van der Waals surface area contributed by atoms with Gasteiger partial charge < -0.3 is 20.4 Å². The quantitative estimate of drug-likeness (QED) is 0.761. The molecule has 100 valence electrons. The highest BCUT2D eigenvalue weighted by molar-refractivity contribution is 5.73. The second-order valence-electron chi connectivity index (χ2n) is 4.62. The molecule has 1 rings (SSSR count). The number of aliphatic hydroxyl groups is 1. The minimum Gasteiger partial charge on any atom is -0.508 e. The third-order valence-electron chi connectivity index (χ3n) is 2.79. The van der Waals surface area contributed by atoms with Gasteiger partial charge in [0.25, 0.3) is 0 Å². The van der Waals surface area contributed by atoms with Crippen molar-refractivity contribution < 1.29 is 15.0 Å². The van der Waals surface area contributed by atoms with E-state index in [1.807, 2.05) is 0 Å². The highest BCUT2D eigenvalue weighted by Gasteiger charge is 2.19. The molecule has 2 atom stereocenters. The molecule has 0 spiro atoms. The van der Waals surface area contributed by atoms with Gasteiger partial charge in [-0.25, -0.2) is 4.79 Å². The van der Waals surface area contributed by atoms with Crippen LogP contribution < -0.4 is 5.32 Å². The number of aliphatic hydroxyl groups excluding tert-OH is 1. The number of nitrogens with one attached hydrogen (secondary N) is 1. The van der Waals surface area contributed by atoms with E-state index in [9.17, 15) is 15.0 Å². The van der Waals surface area contributed by atoms with Gasteiger partial charge in [-0.1, -0.05) is 6.07 Å². The van der Waals surface area contributed by atoms with Crippen molar-refractivity contribution in [2.75, 3.05) is 14.1 Å². The molecule has 0 aliphatic carbocycles. The first-order chi connectivity index (χ1) is 8.32. The Bertz CT molecular complexity index is 432. The van der Waals surface area contributed by atoms with Gasteiger partial charge >= 0.3 is 6.03 Å². The van der Waals surface area contributed by atoms with E-state index in [0.717, 1.165) is 0 Å². The van der Waals surface area contributed by atoms with Gasteiger partial charge in [-0.2, -0.15) is 0 Å². The van der Waals surface area contributed by atoms with Gasteiger partial charge in [-0.05, 0) is 37.1 Å². The summed E-state index contributed by atoms with van der Waals surface area (Å²) >= 11 is 0. The molecule has 0 aromatic heterocycles. The number of phenols is 1. The molecule has 0 aliphatic rings. The molecule has 0 fully saturated rings. The van der Waals surface area contributed by atoms with Crippen molar-refractivity contribution in [3.05, 3.63) is 29.3 Å². The van der Waals surface area contributed by atoms with E-state index in [2.05, 4.69) is 5.32 Å². The van der Waals surface area contributed by atoms with Crippen LogP contribution in [0.1, 0.15) is 24.2 Å². The van der Waals surface area contributed by atoms with Crippen LogP contribution in [0.5, 0.6) is 5.75 Å². The van der Waals surface area contributed by atoms with E-state index >= 15 is 0 Å². The van der Waals surface area contributed by atoms with Gasteiger partial charge in [0.05, 0.1) is 12.1 Å². The van der Waals surface area contributed by atoms with Crippen molar-refractivity contribution in [3.63, 3.8) is 0 Å². The summed E-state index contributed by atoms with van der Waals surface area (Å²) in [7, 11) is 3.28. The number of carbonyl (C=O) groups excluding carboxylic acids is 1. The Morgan fingerprint density at radius 1 is 1.39 bits per heavy atom. The van der Waals surface area contributed by atoms with Crippen LogP contribution in [0.15, 0.2) is 18.2 Å². The fourth-order valence-electron chi connectivity index (χ4n) is 1.55. The largest absolute Gasteiger partial charge is 0.508 e. The summed E-state index contributed by atoms with van der Waals surface area (Å²) in [4.78, 5) is 12.9. The molecule has 5 nitrogen and oxygen atoms in total. The number of aryl methyl sites for hydroxylation is 1. The Kier molecular flexibility index (Phi) is 4.55. The van der Waals surface area contributed by atoms with Crippen molar-refractivity contribution >= 4 is 6.03 Å². The maximum absolute atomic E-state index is 11.5. The fraction of sp³-hybridized carbons (Fsp3) is 0.462. The third kappa shape index (κ3) is 3.37. The molecular weight excluding hydrogens is 232 g/mol. The zero-order valence-corrected chi connectivity index (χ0v) is 11.1. The second kappa shape index (κ2) is 5.73. The topological polar surface area (TPSA) is 72.8 Å². The van der Waals surface area contributed by atoms with Crippen LogP contribution in [0.2, 0.25) is 0 Å². The Morgan fingerprint density at radius 3 is 2.50 bits per heavy atom. The van der Waals surface area contributed by atoms with Crippen molar-refractivity contribution in [1.29, 1.82) is 0 Å². The number of carbonyl (C=O) groups is 1. The van der Waals surface area contributed by atoms with Crippen molar-refractivity contribution in [2.24, 2.45) is 0 Å². The van der Waals surface area contributed by atoms with Gasteiger partial charge in [0.2, 0.25) is 0 Å². The second-order valence-corrected chi connectivity index (χ2v) is 4.62. The summed E-state index contributed by atoms with van der Waals surface area (Å²) in [6.45, 7) is 3.49. The van der Waals surface area contributed by atoms with Crippen LogP contribution in [-0.2, 0) is 0 Å². The van der Waals surface area contributed by atoms with Gasteiger partial charge in [-0.15, -0.1) is 0 Å². The van der Waals surface area contributed by atoms with Gasteiger partial charge in [-0.3, -0.25) is 0 Å². The lowest BCUT2D eigenvalue weighted by atomic mass is 10.0. The SMILES string of the molecule is Cc1cc(C(O)C(C)NC(=O)N(C)C)ccc1O. The maximum Gasteiger partial charge on any atom is 0.317 e. The first kappa shape index (κ1) is 14.3. The Hall–Kier alpha value is -1.75. The predicted molar refractivity (Wildman–Crippen MR) is 69.5 cm³/mol. The number of hydrogen-bond donors (Lipinski definition) is 3. The van der Waals surface area contributed by atoms with E-state index in [1.54, 1.807) is 40.1 Å². The summed E-state index contributed by atoms with van der Waals surface area (Å²) in [6, 6.07) is 4.22. The average molecular weight is 252 g/mol. The van der Waals surface area contributed by atoms with Crippen LogP contribution >= 0.6 is 0 Å². The molecule has 2 amide bonds. The standard InChI is InChI=1S/C13H20N2O3/c1-8-7-10(5-6-11(8)16)12(17)9(2)14-13(18)15(3)4/h5-7,9,12,16-17H,1-4H3,(H,14,18). The Balaban J connectivity index is 2.76. The first-order valence-corrected chi connectivity index (χ1v) is 5.78. The third-order valence-corrected chi connectivity index (χ3v) is 2.79. The lowest BCUT2D eigenvalue weighted by molar-refractivity contribution is 0.133. The van der Waals surface area contributed by atoms with Crippen molar-refractivity contribution in [1.82, 2.24) is 10.2 Å². The lowest BCUT2D eigenvalue weighted by Gasteiger charge is -2.23. The zero-order valence-electron chi connectivity index (χ0n) is 11.1. The molecule has 0 saturated carbocycles. The molecule has 3 N–H and O–H groups in total. The van der Waals surface area contributed by atoms with Crippen LogP contribution in [-0.4, -0.2) is 41.3 Å². The van der Waals surface area contributed by atoms with Crippen LogP contribution in [0, 0.1) is 6.92 Å².